The van der Waals surface area contributed by atoms with Gasteiger partial charge in [0.2, 0.25) is 0 Å². The fourth-order valence-corrected chi connectivity index (χ4v) is 3.26. The summed E-state index contributed by atoms with van der Waals surface area (Å²) in [6, 6.07) is 5.57. The molecule has 17 heavy (non-hydrogen) atoms. The van der Waals surface area contributed by atoms with Crippen molar-refractivity contribution in [2.45, 2.75) is 29.4 Å². The Balaban J connectivity index is 2.28. The molecular weight excluding hydrogens is 238 g/mol. The van der Waals surface area contributed by atoms with Crippen LogP contribution in [-0.2, 0) is 28.4 Å². The van der Waals surface area contributed by atoms with E-state index in [0.717, 1.165) is 19.3 Å². The van der Waals surface area contributed by atoms with Crippen LogP contribution in [0.3, 0.4) is 0 Å². The van der Waals surface area contributed by atoms with Gasteiger partial charge in [0.15, 0.2) is 0 Å². The van der Waals surface area contributed by atoms with Crippen LogP contribution in [0.25, 0.3) is 0 Å². The number of benzene rings is 1. The van der Waals surface area contributed by atoms with Crippen molar-refractivity contribution in [2.75, 3.05) is 6.54 Å². The van der Waals surface area contributed by atoms with E-state index in [4.69, 9.17) is 10.8 Å². The summed E-state index contributed by atoms with van der Waals surface area (Å²) in [7, 11) is -1.57. The van der Waals surface area contributed by atoms with Crippen LogP contribution in [0.4, 0.5) is 0 Å². The highest BCUT2D eigenvalue weighted by Gasteiger charge is 2.25. The quantitative estimate of drug-likeness (QED) is 0.827. The van der Waals surface area contributed by atoms with Crippen molar-refractivity contribution in [3.05, 3.63) is 29.3 Å². The third-order valence-corrected chi connectivity index (χ3v) is 4.68. The maximum atomic E-state index is 12.1. The molecule has 2 unspecified atom stereocenters. The van der Waals surface area contributed by atoms with E-state index in [1.807, 2.05) is 12.1 Å². The number of carbonyl (C=O) groups is 1. The third kappa shape index (κ3) is 2.40. The molecule has 4 nitrogen and oxygen atoms in total. The zero-order chi connectivity index (χ0) is 12.4. The van der Waals surface area contributed by atoms with Gasteiger partial charge in [-0.15, -0.1) is 0 Å². The lowest BCUT2D eigenvalue weighted by molar-refractivity contribution is -0.136. The first-order valence-corrected chi connectivity index (χ1v) is 6.80. The molecule has 3 N–H and O–H groups in total. The van der Waals surface area contributed by atoms with Crippen molar-refractivity contribution < 1.29 is 14.1 Å². The van der Waals surface area contributed by atoms with Gasteiger partial charge in [0.25, 0.3) is 0 Å². The highest BCUT2D eigenvalue weighted by Crippen LogP contribution is 2.24. The lowest BCUT2D eigenvalue weighted by Crippen LogP contribution is -2.33. The normalized spacial score (nSPS) is 17.5. The van der Waals surface area contributed by atoms with Crippen LogP contribution in [0.1, 0.15) is 17.5 Å². The van der Waals surface area contributed by atoms with Gasteiger partial charge in [0.1, 0.15) is 5.25 Å². The second-order valence-corrected chi connectivity index (χ2v) is 5.78. The van der Waals surface area contributed by atoms with Crippen molar-refractivity contribution >= 4 is 16.8 Å². The summed E-state index contributed by atoms with van der Waals surface area (Å²) in [5.41, 5.74) is 7.83. The second-order valence-electron chi connectivity index (χ2n) is 4.14. The summed E-state index contributed by atoms with van der Waals surface area (Å²) in [5, 5.41) is 7.91. The zero-order valence-electron chi connectivity index (χ0n) is 9.39. The van der Waals surface area contributed by atoms with E-state index >= 15 is 0 Å². The number of aryl methyl sites for hydroxylation is 2. The lowest BCUT2D eigenvalue weighted by atomic mass is 10.1. The number of nitrogens with two attached hydrogens (primary N) is 1. The van der Waals surface area contributed by atoms with Crippen LogP contribution in [0, 0.1) is 0 Å². The number of carboxylic acids is 1. The average molecular weight is 253 g/mol. The molecule has 0 aliphatic heterocycles. The van der Waals surface area contributed by atoms with Gasteiger partial charge in [-0.25, -0.2) is 0 Å². The first-order valence-electron chi connectivity index (χ1n) is 5.58. The third-order valence-electron chi connectivity index (χ3n) is 3.05. The van der Waals surface area contributed by atoms with E-state index in [1.165, 1.54) is 11.1 Å². The minimum Gasteiger partial charge on any atom is -0.480 e. The monoisotopic (exact) mass is 253 g/mol. The Bertz CT molecular complexity index is 473. The topological polar surface area (TPSA) is 80.4 Å². The summed E-state index contributed by atoms with van der Waals surface area (Å²) in [6.45, 7) is -0.112. The minimum atomic E-state index is -1.57. The lowest BCUT2D eigenvalue weighted by Gasteiger charge is -2.10. The zero-order valence-corrected chi connectivity index (χ0v) is 10.2. The summed E-state index contributed by atoms with van der Waals surface area (Å²) in [5.74, 6) is -1.11. The highest BCUT2D eigenvalue weighted by molar-refractivity contribution is 7.86. The number of fused-ring (bicyclic) bond motifs is 1. The molecule has 92 valence electrons. The second kappa shape index (κ2) is 4.98. The Morgan fingerprint density at radius 1 is 1.41 bits per heavy atom. The first-order chi connectivity index (χ1) is 8.13. The maximum Gasteiger partial charge on any atom is 0.320 e. The van der Waals surface area contributed by atoms with E-state index in [-0.39, 0.29) is 6.54 Å². The van der Waals surface area contributed by atoms with E-state index in [9.17, 15) is 9.00 Å². The van der Waals surface area contributed by atoms with Crippen LogP contribution in [0.15, 0.2) is 23.1 Å². The van der Waals surface area contributed by atoms with Crippen molar-refractivity contribution in [3.8, 4) is 0 Å². The van der Waals surface area contributed by atoms with Crippen LogP contribution in [0.5, 0.6) is 0 Å². The van der Waals surface area contributed by atoms with Gasteiger partial charge in [0.05, 0.1) is 10.8 Å². The Labute approximate surface area is 102 Å². The molecule has 0 saturated carbocycles. The Morgan fingerprint density at radius 3 is 2.76 bits per heavy atom. The minimum absolute atomic E-state index is 0.112. The fraction of sp³-hybridized carbons (Fsp3) is 0.417. The molecule has 1 aliphatic rings. The summed E-state index contributed by atoms with van der Waals surface area (Å²) >= 11 is 0. The van der Waals surface area contributed by atoms with E-state index in [0.29, 0.717) is 4.90 Å². The van der Waals surface area contributed by atoms with Gasteiger partial charge < -0.3 is 10.8 Å². The summed E-state index contributed by atoms with van der Waals surface area (Å²) in [6.07, 6.45) is 3.16. The average Bonchev–Trinajstić information content (AvgIpc) is 2.75. The van der Waals surface area contributed by atoms with Gasteiger partial charge in [-0.05, 0) is 42.5 Å². The molecule has 0 bridgehead atoms. The van der Waals surface area contributed by atoms with E-state index in [2.05, 4.69) is 0 Å². The van der Waals surface area contributed by atoms with Crippen LogP contribution in [-0.4, -0.2) is 27.1 Å². The molecule has 2 rings (SSSR count). The molecule has 1 aromatic carbocycles. The number of aliphatic carboxylic acids is 1. The van der Waals surface area contributed by atoms with E-state index < -0.39 is 22.0 Å². The summed E-state index contributed by atoms with van der Waals surface area (Å²) < 4.78 is 12.1. The number of hydrogen-bond donors (Lipinski definition) is 2. The molecular formula is C12H15NO3S. The van der Waals surface area contributed by atoms with Gasteiger partial charge in [-0.2, -0.15) is 0 Å². The van der Waals surface area contributed by atoms with Crippen molar-refractivity contribution in [3.63, 3.8) is 0 Å². The maximum absolute atomic E-state index is 12.1. The molecule has 0 heterocycles. The fourth-order valence-electron chi connectivity index (χ4n) is 2.12. The number of hydrogen-bond acceptors (Lipinski definition) is 3. The molecule has 0 amide bonds. The Kier molecular flexibility index (Phi) is 3.59. The van der Waals surface area contributed by atoms with Gasteiger partial charge in [0, 0.05) is 11.4 Å². The highest BCUT2D eigenvalue weighted by atomic mass is 32.2. The van der Waals surface area contributed by atoms with E-state index in [1.54, 1.807) is 6.07 Å². The molecule has 1 aliphatic carbocycles. The van der Waals surface area contributed by atoms with Crippen LogP contribution < -0.4 is 5.73 Å². The standard InChI is InChI=1S/C12H15NO3S/c13-7-11(12(14)15)17(16)10-5-4-8-2-1-3-9(8)6-10/h4-6,11H,1-3,7,13H2,(H,14,15). The van der Waals surface area contributed by atoms with Crippen LogP contribution in [0.2, 0.25) is 0 Å². The molecule has 0 spiro atoms. The van der Waals surface area contributed by atoms with Gasteiger partial charge in [-0.3, -0.25) is 9.00 Å². The van der Waals surface area contributed by atoms with Crippen molar-refractivity contribution in [1.29, 1.82) is 0 Å². The Morgan fingerprint density at radius 2 is 2.12 bits per heavy atom. The molecule has 2 atom stereocenters. The molecule has 0 aromatic heterocycles. The largest absolute Gasteiger partial charge is 0.480 e. The smallest absolute Gasteiger partial charge is 0.320 e. The molecule has 5 heteroatoms. The first kappa shape index (κ1) is 12.3. The number of rotatable bonds is 4. The molecule has 0 fully saturated rings. The molecule has 1 aromatic rings. The predicted octanol–water partition coefficient (Wildman–Crippen LogP) is 0.695. The van der Waals surface area contributed by atoms with Gasteiger partial charge >= 0.3 is 5.97 Å². The molecule has 0 saturated heterocycles. The summed E-state index contributed by atoms with van der Waals surface area (Å²) in [4.78, 5) is 11.5. The van der Waals surface area contributed by atoms with Crippen molar-refractivity contribution in [2.24, 2.45) is 5.73 Å². The SMILES string of the molecule is NCC(C(=O)O)S(=O)c1ccc2c(c1)CCC2. The van der Waals surface area contributed by atoms with Crippen molar-refractivity contribution in [1.82, 2.24) is 0 Å². The van der Waals surface area contributed by atoms with Gasteiger partial charge in [-0.1, -0.05) is 6.07 Å². The number of carboxylic acid groups (broad SMARTS) is 1. The van der Waals surface area contributed by atoms with Crippen LogP contribution >= 0.6 is 0 Å². The molecule has 0 radical (unpaired) electrons. The Hall–Kier alpha value is -1.20. The predicted molar refractivity (Wildman–Crippen MR) is 65.4 cm³/mol.